The molecular formula is C16H19N3O5S. The van der Waals surface area contributed by atoms with Gasteiger partial charge >= 0.3 is 5.97 Å². The summed E-state index contributed by atoms with van der Waals surface area (Å²) in [6, 6.07) is 1.26. The Balaban J connectivity index is 1.76. The number of carboxylic acids is 1. The van der Waals surface area contributed by atoms with Crippen molar-refractivity contribution in [3.05, 3.63) is 29.8 Å². The van der Waals surface area contributed by atoms with E-state index >= 15 is 0 Å². The van der Waals surface area contributed by atoms with Gasteiger partial charge in [0.15, 0.2) is 0 Å². The zero-order valence-electron chi connectivity index (χ0n) is 14.6. The molecule has 0 aromatic heterocycles. The van der Waals surface area contributed by atoms with Gasteiger partial charge in [-0.2, -0.15) is 0 Å². The van der Waals surface area contributed by atoms with Gasteiger partial charge in [-0.3, -0.25) is 9.59 Å². The molecule has 9 heteroatoms. The Hall–Kier alpha value is -2.26. The first-order valence-corrected chi connectivity index (χ1v) is 8.47. The number of carbonyl (C=O) groups excluding carboxylic acids is 2. The van der Waals surface area contributed by atoms with E-state index in [2.05, 4.69) is 5.32 Å². The molecule has 2 aliphatic heterocycles. The summed E-state index contributed by atoms with van der Waals surface area (Å²) in [5.41, 5.74) is 5.97. The highest BCUT2D eigenvalue weighted by molar-refractivity contribution is 8.01. The summed E-state index contributed by atoms with van der Waals surface area (Å²) in [5, 5.41) is 20.7. The molecule has 0 aliphatic carbocycles. The number of phenols is 1. The fourth-order valence-corrected chi connectivity index (χ4v) is 4.76. The highest BCUT2D eigenvalue weighted by atomic mass is 32.2. The van der Waals surface area contributed by atoms with Gasteiger partial charge in [0.1, 0.15) is 29.2 Å². The Kier molecular flexibility index (Phi) is 3.84. The van der Waals surface area contributed by atoms with Crippen LogP contribution in [0.25, 0.3) is 0 Å². The lowest BCUT2D eigenvalue weighted by Crippen LogP contribution is -2.71. The molecule has 2 fully saturated rings. The van der Waals surface area contributed by atoms with Crippen LogP contribution in [-0.2, 0) is 14.4 Å². The fraction of sp³-hybridized carbons (Fsp3) is 0.438. The molecule has 0 spiro atoms. The predicted octanol–water partition coefficient (Wildman–Crippen LogP) is 0.0237. The van der Waals surface area contributed by atoms with E-state index in [-0.39, 0.29) is 11.3 Å². The van der Waals surface area contributed by atoms with Crippen molar-refractivity contribution in [1.29, 1.82) is 0 Å². The van der Waals surface area contributed by atoms with Gasteiger partial charge in [-0.05, 0) is 31.5 Å². The third-order valence-corrected chi connectivity index (χ3v) is 5.96. The van der Waals surface area contributed by atoms with Crippen molar-refractivity contribution in [3.8, 4) is 5.75 Å². The number of rotatable bonds is 4. The number of nitrogens with two attached hydrogens (primary N) is 1. The monoisotopic (exact) mass is 366 g/mol. The van der Waals surface area contributed by atoms with E-state index in [1.54, 1.807) is 13.8 Å². The minimum atomic E-state index is -2.15. The number of aromatic hydroxyl groups is 1. The lowest BCUT2D eigenvalue weighted by molar-refractivity contribution is -0.161. The van der Waals surface area contributed by atoms with E-state index < -0.39 is 46.0 Å². The minimum absolute atomic E-state index is 0.0286. The second-order valence-electron chi connectivity index (χ2n) is 6.51. The predicted molar refractivity (Wildman–Crippen MR) is 90.7 cm³/mol. The van der Waals surface area contributed by atoms with Crippen LogP contribution in [-0.4, -0.2) is 55.1 Å². The van der Waals surface area contributed by atoms with E-state index in [1.165, 1.54) is 40.9 Å². The molecule has 4 atom stereocenters. The van der Waals surface area contributed by atoms with E-state index in [0.717, 1.165) is 0 Å². The van der Waals surface area contributed by atoms with Crippen LogP contribution in [0.1, 0.15) is 26.8 Å². The maximum Gasteiger partial charge on any atom is 0.327 e. The molecule has 0 bridgehead atoms. The molecule has 0 radical (unpaired) electrons. The van der Waals surface area contributed by atoms with Crippen LogP contribution in [0.4, 0.5) is 0 Å². The Labute approximate surface area is 149 Å². The molecule has 1 aromatic carbocycles. The first kappa shape index (κ1) is 16.2. The zero-order chi connectivity index (χ0) is 19.4. The normalized spacial score (nSPS) is 29.9. The van der Waals surface area contributed by atoms with E-state index in [4.69, 9.17) is 7.10 Å². The first-order chi connectivity index (χ1) is 12.0. The topological polar surface area (TPSA) is 133 Å². The summed E-state index contributed by atoms with van der Waals surface area (Å²) in [4.78, 5) is 37.6. The van der Waals surface area contributed by atoms with Crippen LogP contribution in [0, 0.1) is 0 Å². The number of phenolic OH excluding ortho intramolecular Hbond substituents is 1. The summed E-state index contributed by atoms with van der Waals surface area (Å²) in [7, 11) is 0. The van der Waals surface area contributed by atoms with Gasteiger partial charge in [0.2, 0.25) is 11.8 Å². The van der Waals surface area contributed by atoms with Gasteiger partial charge in [0, 0.05) is 4.75 Å². The molecule has 3 rings (SSSR count). The summed E-state index contributed by atoms with van der Waals surface area (Å²) >= 11 is 1.29. The number of hydrogen-bond acceptors (Lipinski definition) is 6. The number of nitrogens with one attached hydrogen (secondary N) is 1. The number of aliphatic carboxylic acids is 1. The second kappa shape index (κ2) is 5.92. The van der Waals surface area contributed by atoms with Gasteiger partial charge in [0.05, 0.1) is 1.37 Å². The number of carboxylic acid groups (broad SMARTS) is 1. The lowest BCUT2D eigenvalue weighted by atomic mass is 9.95. The maximum absolute atomic E-state index is 12.5. The molecule has 2 amide bonds. The second-order valence-corrected chi connectivity index (χ2v) is 8.28. The first-order valence-electron chi connectivity index (χ1n) is 8.09. The summed E-state index contributed by atoms with van der Waals surface area (Å²) in [6.07, 6.45) is 0. The number of amides is 2. The van der Waals surface area contributed by atoms with Gasteiger partial charge in [0.25, 0.3) is 0 Å². The quantitative estimate of drug-likeness (QED) is 0.552. The number of nitrogens with zero attached hydrogens (tertiary/aromatic N) is 1. The maximum atomic E-state index is 12.5. The van der Waals surface area contributed by atoms with Crippen LogP contribution in [0.2, 0.25) is 0 Å². The Morgan fingerprint density at radius 2 is 2.00 bits per heavy atom. The number of β-lactam (4-membered cyclic amide) rings is 1. The average molecular weight is 366 g/mol. The highest BCUT2D eigenvalue weighted by Gasteiger charge is 2.64. The molecule has 2 aliphatic rings. The number of benzene rings is 1. The van der Waals surface area contributed by atoms with Crippen molar-refractivity contribution >= 4 is 29.5 Å². The Bertz CT molecular complexity index is 783. The van der Waals surface area contributed by atoms with Crippen molar-refractivity contribution in [2.45, 2.75) is 42.1 Å². The zero-order valence-corrected chi connectivity index (χ0v) is 14.4. The Morgan fingerprint density at radius 1 is 1.40 bits per heavy atom. The number of fused-ring (bicyclic) bond motifs is 1. The molecule has 0 saturated carbocycles. The van der Waals surface area contributed by atoms with Crippen LogP contribution in [0.15, 0.2) is 24.3 Å². The molecule has 2 saturated heterocycles. The Morgan fingerprint density at radius 3 is 2.56 bits per heavy atom. The molecule has 8 nitrogen and oxygen atoms in total. The fourth-order valence-electron chi connectivity index (χ4n) is 3.14. The molecule has 1 unspecified atom stereocenters. The van der Waals surface area contributed by atoms with Crippen LogP contribution >= 0.6 is 11.8 Å². The third kappa shape index (κ3) is 2.83. The lowest BCUT2D eigenvalue weighted by Gasteiger charge is -2.43. The van der Waals surface area contributed by atoms with Gasteiger partial charge in [-0.15, -0.1) is 11.8 Å². The van der Waals surface area contributed by atoms with Crippen molar-refractivity contribution in [3.63, 3.8) is 0 Å². The molecule has 25 heavy (non-hydrogen) atoms. The third-order valence-electron chi connectivity index (χ3n) is 4.38. The van der Waals surface area contributed by atoms with E-state index in [9.17, 15) is 24.6 Å². The summed E-state index contributed by atoms with van der Waals surface area (Å²) in [5.74, 6) is -2.51. The van der Waals surface area contributed by atoms with Crippen LogP contribution in [0.3, 0.4) is 0 Å². The average Bonchev–Trinajstić information content (AvgIpc) is 2.81. The molecule has 134 valence electrons. The van der Waals surface area contributed by atoms with Crippen molar-refractivity contribution in [1.82, 2.24) is 10.2 Å². The number of thioether (sulfide) groups is 1. The van der Waals surface area contributed by atoms with E-state index in [0.29, 0.717) is 0 Å². The van der Waals surface area contributed by atoms with Crippen LogP contribution < -0.4 is 11.1 Å². The largest absolute Gasteiger partial charge is 0.508 e. The molecule has 2 heterocycles. The number of carbonyl (C=O) groups is 3. The summed E-state index contributed by atoms with van der Waals surface area (Å²) in [6.45, 7) is 3.46. The van der Waals surface area contributed by atoms with Gasteiger partial charge in [-0.25, -0.2) is 4.79 Å². The standard InChI is InChI=1S/C16H19N3O5S/c1-16(2)11(15(23)24)19-13(22)10(14(19)25-16)18-12(21)9(17)7-3-5-8(20)6-4-7/h3-6,9-11,14,20H,17H2,1-2H3,(H,18,21)(H,23,24)/t9-,10-,11+,14?/m1/s1/i9D. The van der Waals surface area contributed by atoms with Crippen LogP contribution in [0.5, 0.6) is 5.75 Å². The van der Waals surface area contributed by atoms with Crippen molar-refractivity contribution in [2.75, 3.05) is 0 Å². The number of hydrogen-bond donors (Lipinski definition) is 4. The van der Waals surface area contributed by atoms with Crippen molar-refractivity contribution < 1.29 is 26.0 Å². The molecular weight excluding hydrogens is 346 g/mol. The van der Waals surface area contributed by atoms with Gasteiger partial charge < -0.3 is 26.2 Å². The molecule has 5 N–H and O–H groups in total. The van der Waals surface area contributed by atoms with E-state index in [1.807, 2.05) is 0 Å². The minimum Gasteiger partial charge on any atom is -0.508 e. The van der Waals surface area contributed by atoms with Gasteiger partial charge in [-0.1, -0.05) is 12.1 Å². The highest BCUT2D eigenvalue weighted by Crippen LogP contribution is 2.50. The smallest absolute Gasteiger partial charge is 0.327 e. The van der Waals surface area contributed by atoms with Crippen molar-refractivity contribution in [2.24, 2.45) is 5.73 Å². The SMILES string of the molecule is [2H][C@](N)(C(=O)N[C@@H]1C(=O)N2C1SC(C)(C)[C@@H]2C(=O)O)c1ccc(O)cc1. The molecule has 1 aromatic rings. The summed E-state index contributed by atoms with van der Waals surface area (Å²) < 4.78 is 7.43.